The zero-order chi connectivity index (χ0) is 23.3. The van der Waals surface area contributed by atoms with Crippen LogP contribution in [-0.2, 0) is 11.3 Å². The molecule has 1 aliphatic heterocycles. The van der Waals surface area contributed by atoms with Gasteiger partial charge in [0.05, 0.1) is 22.4 Å². The van der Waals surface area contributed by atoms with Crippen LogP contribution < -0.4 is 5.32 Å². The van der Waals surface area contributed by atoms with E-state index in [0.29, 0.717) is 6.04 Å². The highest BCUT2D eigenvalue weighted by Gasteiger charge is 2.38. The third-order valence-electron chi connectivity index (χ3n) is 5.20. The fraction of sp³-hybridized carbons (Fsp3) is 0.429. The van der Waals surface area contributed by atoms with Gasteiger partial charge in [-0.3, -0.25) is 4.90 Å². The van der Waals surface area contributed by atoms with Crippen molar-refractivity contribution in [2.45, 2.75) is 38.5 Å². The van der Waals surface area contributed by atoms with Gasteiger partial charge in [0.25, 0.3) is 0 Å². The number of imidazole rings is 1. The first-order valence-corrected chi connectivity index (χ1v) is 10.1. The van der Waals surface area contributed by atoms with Crippen LogP contribution >= 0.6 is 0 Å². The lowest BCUT2D eigenvalue weighted by atomic mass is 10.1. The summed E-state index contributed by atoms with van der Waals surface area (Å²) in [5, 5.41) is 19.4. The summed E-state index contributed by atoms with van der Waals surface area (Å²) in [5.41, 5.74) is 4.98. The Bertz CT molecular complexity index is 1050. The number of hydrogen-bond donors (Lipinski definition) is 3. The van der Waals surface area contributed by atoms with E-state index in [2.05, 4.69) is 55.6 Å². The van der Waals surface area contributed by atoms with Gasteiger partial charge in [-0.2, -0.15) is 23.4 Å². The van der Waals surface area contributed by atoms with E-state index in [1.54, 1.807) is 0 Å². The van der Waals surface area contributed by atoms with Crippen LogP contribution in [0.1, 0.15) is 24.4 Å². The minimum Gasteiger partial charge on any atom is -0.475 e. The Balaban J connectivity index is 0.000000360. The van der Waals surface area contributed by atoms with Crippen LogP contribution in [0.25, 0.3) is 22.3 Å². The number of aryl methyl sites for hydroxylation is 1. The van der Waals surface area contributed by atoms with Gasteiger partial charge in [0.2, 0.25) is 0 Å². The van der Waals surface area contributed by atoms with E-state index in [1.807, 2.05) is 19.1 Å². The first-order chi connectivity index (χ1) is 15.1. The standard InChI is InChI=1S/C19H24N6.C2HF3O2/c1-13-21-18-5-3-14(11-19(18)22-13)17-6-4-15(23-24-17)12-25(2)16-7-9-20-10-8-16;3-2(4,5)1(6)7/h3-6,11,16,20H,7-10,12H2,1-2H3,(H,21,22);(H,6,7). The number of carbonyl (C=O) groups is 1. The van der Waals surface area contributed by atoms with Gasteiger partial charge >= 0.3 is 12.1 Å². The van der Waals surface area contributed by atoms with Gasteiger partial charge in [-0.25, -0.2) is 9.78 Å². The molecule has 0 aliphatic carbocycles. The number of nitrogens with one attached hydrogen (secondary N) is 2. The zero-order valence-corrected chi connectivity index (χ0v) is 17.8. The van der Waals surface area contributed by atoms with E-state index in [-0.39, 0.29) is 0 Å². The summed E-state index contributed by atoms with van der Waals surface area (Å²) in [6.45, 7) is 5.02. The molecule has 0 radical (unpaired) electrons. The highest BCUT2D eigenvalue weighted by Crippen LogP contribution is 2.22. The van der Waals surface area contributed by atoms with Crippen molar-refractivity contribution in [3.63, 3.8) is 0 Å². The summed E-state index contributed by atoms with van der Waals surface area (Å²) >= 11 is 0. The van der Waals surface area contributed by atoms with Crippen molar-refractivity contribution in [2.24, 2.45) is 0 Å². The predicted molar refractivity (Wildman–Crippen MR) is 113 cm³/mol. The molecule has 0 amide bonds. The van der Waals surface area contributed by atoms with E-state index in [4.69, 9.17) is 9.90 Å². The minimum absolute atomic E-state index is 0.633. The molecule has 1 aliphatic rings. The number of piperidine rings is 1. The molecule has 1 saturated heterocycles. The zero-order valence-electron chi connectivity index (χ0n) is 17.8. The summed E-state index contributed by atoms with van der Waals surface area (Å²) < 4.78 is 31.7. The van der Waals surface area contributed by atoms with E-state index >= 15 is 0 Å². The smallest absolute Gasteiger partial charge is 0.475 e. The molecule has 3 N–H and O–H groups in total. The highest BCUT2D eigenvalue weighted by molar-refractivity contribution is 5.81. The number of aromatic amines is 1. The molecule has 1 aromatic carbocycles. The molecule has 32 heavy (non-hydrogen) atoms. The fourth-order valence-electron chi connectivity index (χ4n) is 3.53. The van der Waals surface area contributed by atoms with Crippen molar-refractivity contribution >= 4 is 17.0 Å². The number of fused-ring (bicyclic) bond motifs is 1. The van der Waals surface area contributed by atoms with Crippen molar-refractivity contribution in [3.05, 3.63) is 41.9 Å². The number of aromatic nitrogens is 4. The van der Waals surface area contributed by atoms with Crippen LogP contribution in [0.2, 0.25) is 0 Å². The molecule has 172 valence electrons. The van der Waals surface area contributed by atoms with E-state index in [1.165, 1.54) is 12.8 Å². The van der Waals surface area contributed by atoms with Gasteiger partial charge in [0, 0.05) is 18.2 Å². The summed E-state index contributed by atoms with van der Waals surface area (Å²) in [6, 6.07) is 10.9. The molecule has 8 nitrogen and oxygen atoms in total. The van der Waals surface area contributed by atoms with Crippen LogP contribution in [-0.4, -0.2) is 68.5 Å². The van der Waals surface area contributed by atoms with Crippen LogP contribution in [0.5, 0.6) is 0 Å². The van der Waals surface area contributed by atoms with Crippen molar-refractivity contribution in [2.75, 3.05) is 20.1 Å². The van der Waals surface area contributed by atoms with E-state index < -0.39 is 12.1 Å². The third-order valence-corrected chi connectivity index (χ3v) is 5.20. The number of nitrogens with zero attached hydrogens (tertiary/aromatic N) is 4. The number of carboxylic acids is 1. The van der Waals surface area contributed by atoms with E-state index in [0.717, 1.165) is 53.4 Å². The molecular formula is C21H25F3N6O2. The Labute approximate surface area is 182 Å². The lowest BCUT2D eigenvalue weighted by Gasteiger charge is -2.31. The molecule has 3 aromatic rings. The van der Waals surface area contributed by atoms with Crippen LogP contribution in [0.15, 0.2) is 30.3 Å². The molecule has 11 heteroatoms. The largest absolute Gasteiger partial charge is 0.490 e. The monoisotopic (exact) mass is 450 g/mol. The maximum absolute atomic E-state index is 10.6. The molecule has 1 fully saturated rings. The second-order valence-electron chi connectivity index (χ2n) is 7.66. The SMILES string of the molecule is Cc1nc2ccc(-c3ccc(CN(C)C4CCNCC4)nn3)cc2[nH]1.O=C(O)C(F)(F)F. The maximum atomic E-state index is 10.6. The predicted octanol–water partition coefficient (Wildman–Crippen LogP) is 3.15. The Morgan fingerprint density at radius 2 is 1.88 bits per heavy atom. The topological polar surface area (TPSA) is 107 Å². The number of halogens is 3. The van der Waals surface area contributed by atoms with Crippen molar-refractivity contribution < 1.29 is 23.1 Å². The Morgan fingerprint density at radius 1 is 1.19 bits per heavy atom. The van der Waals surface area contributed by atoms with Crippen LogP contribution in [0.4, 0.5) is 13.2 Å². The normalized spacial score (nSPS) is 14.9. The number of aliphatic carboxylic acids is 1. The lowest BCUT2D eigenvalue weighted by Crippen LogP contribution is -2.40. The first kappa shape index (κ1) is 23.6. The number of rotatable bonds is 4. The second kappa shape index (κ2) is 10.0. The lowest BCUT2D eigenvalue weighted by molar-refractivity contribution is -0.192. The van der Waals surface area contributed by atoms with Crippen molar-refractivity contribution in [3.8, 4) is 11.3 Å². The molecule has 0 spiro atoms. The average Bonchev–Trinajstić information content (AvgIpc) is 3.14. The molecule has 4 rings (SSSR count). The molecular weight excluding hydrogens is 425 g/mol. The molecule has 0 atom stereocenters. The Morgan fingerprint density at radius 3 is 2.47 bits per heavy atom. The Kier molecular flexibility index (Phi) is 7.41. The summed E-state index contributed by atoms with van der Waals surface area (Å²) in [7, 11) is 2.18. The molecule has 2 aromatic heterocycles. The van der Waals surface area contributed by atoms with E-state index in [9.17, 15) is 13.2 Å². The second-order valence-corrected chi connectivity index (χ2v) is 7.66. The number of hydrogen-bond acceptors (Lipinski definition) is 6. The van der Waals surface area contributed by atoms with Crippen molar-refractivity contribution in [1.82, 2.24) is 30.4 Å². The molecule has 0 saturated carbocycles. The third kappa shape index (κ3) is 6.24. The average molecular weight is 450 g/mol. The Hall–Kier alpha value is -3.05. The molecule has 3 heterocycles. The van der Waals surface area contributed by atoms with Gasteiger partial charge in [-0.15, -0.1) is 0 Å². The number of benzene rings is 1. The van der Waals surface area contributed by atoms with Gasteiger partial charge in [0.15, 0.2) is 0 Å². The summed E-state index contributed by atoms with van der Waals surface area (Å²) in [5.74, 6) is -1.83. The van der Waals surface area contributed by atoms with Gasteiger partial charge in [-0.1, -0.05) is 6.07 Å². The van der Waals surface area contributed by atoms with Gasteiger partial charge in [0.1, 0.15) is 5.82 Å². The molecule has 0 unspecified atom stereocenters. The quantitative estimate of drug-likeness (QED) is 0.561. The fourth-order valence-corrected chi connectivity index (χ4v) is 3.53. The molecule has 0 bridgehead atoms. The van der Waals surface area contributed by atoms with Crippen LogP contribution in [0, 0.1) is 6.92 Å². The van der Waals surface area contributed by atoms with Gasteiger partial charge < -0.3 is 15.4 Å². The number of carboxylic acid groups (broad SMARTS) is 1. The van der Waals surface area contributed by atoms with Crippen LogP contribution in [0.3, 0.4) is 0 Å². The maximum Gasteiger partial charge on any atom is 0.490 e. The summed E-state index contributed by atoms with van der Waals surface area (Å²) in [4.78, 5) is 19.0. The summed E-state index contributed by atoms with van der Waals surface area (Å²) in [6.07, 6.45) is -2.68. The number of H-pyrrole nitrogens is 1. The number of alkyl halides is 3. The minimum atomic E-state index is -5.08. The first-order valence-electron chi connectivity index (χ1n) is 10.1. The van der Waals surface area contributed by atoms with Gasteiger partial charge in [-0.05, 0) is 64.2 Å². The highest BCUT2D eigenvalue weighted by atomic mass is 19.4. The van der Waals surface area contributed by atoms with Crippen molar-refractivity contribution in [1.29, 1.82) is 0 Å².